The van der Waals surface area contributed by atoms with Gasteiger partial charge in [0, 0.05) is 6.20 Å². The van der Waals surface area contributed by atoms with Crippen LogP contribution in [0.25, 0.3) is 0 Å². The Hall–Kier alpha value is -1.29. The van der Waals surface area contributed by atoms with Gasteiger partial charge in [0.25, 0.3) is 0 Å². The third kappa shape index (κ3) is 2.59. The van der Waals surface area contributed by atoms with Gasteiger partial charge in [-0.05, 0) is 11.6 Å². The van der Waals surface area contributed by atoms with Gasteiger partial charge in [0.15, 0.2) is 10.9 Å². The molecule has 1 heterocycles. The second kappa shape index (κ2) is 4.09. The van der Waals surface area contributed by atoms with Gasteiger partial charge in [-0.3, -0.25) is 4.79 Å². The number of halogens is 1. The molecule has 0 aliphatic carbocycles. The van der Waals surface area contributed by atoms with E-state index >= 15 is 0 Å². The van der Waals surface area contributed by atoms with Crippen LogP contribution in [0.15, 0.2) is 12.3 Å². The Morgan fingerprint density at radius 2 is 2.46 bits per heavy atom. The molecule has 0 saturated heterocycles. The van der Waals surface area contributed by atoms with E-state index < -0.39 is 0 Å². The summed E-state index contributed by atoms with van der Waals surface area (Å²) in [4.78, 5) is 14.5. The Morgan fingerprint density at radius 1 is 1.77 bits per heavy atom. The van der Waals surface area contributed by atoms with Crippen molar-refractivity contribution in [3.8, 4) is 5.75 Å². The molecular weight excluding hydrogens is 194 g/mol. The summed E-state index contributed by atoms with van der Waals surface area (Å²) in [5.74, 6) is -0.522. The van der Waals surface area contributed by atoms with Crippen LogP contribution in [0, 0.1) is 0 Å². The van der Waals surface area contributed by atoms with Gasteiger partial charge >= 0.3 is 5.97 Å². The van der Waals surface area contributed by atoms with Gasteiger partial charge in [0.1, 0.15) is 0 Å². The summed E-state index contributed by atoms with van der Waals surface area (Å²) in [7, 11) is 1.30. The van der Waals surface area contributed by atoms with Gasteiger partial charge < -0.3 is 9.84 Å². The van der Waals surface area contributed by atoms with Crippen LogP contribution in [0.4, 0.5) is 0 Å². The van der Waals surface area contributed by atoms with Gasteiger partial charge in [0.05, 0.1) is 13.5 Å². The van der Waals surface area contributed by atoms with Crippen LogP contribution in [-0.2, 0) is 16.0 Å². The number of pyridine rings is 1. The fourth-order valence-corrected chi connectivity index (χ4v) is 0.917. The third-order valence-electron chi connectivity index (χ3n) is 1.45. The molecule has 1 aromatic rings. The zero-order chi connectivity index (χ0) is 9.84. The summed E-state index contributed by atoms with van der Waals surface area (Å²) < 4.78 is 4.44. The van der Waals surface area contributed by atoms with Gasteiger partial charge in [0.2, 0.25) is 0 Å². The molecule has 70 valence electrons. The van der Waals surface area contributed by atoms with Crippen LogP contribution in [0.3, 0.4) is 0 Å². The maximum atomic E-state index is 10.8. The molecule has 0 amide bonds. The lowest BCUT2D eigenvalue weighted by molar-refractivity contribution is -0.139. The number of esters is 1. The van der Waals surface area contributed by atoms with E-state index in [0.717, 1.165) is 0 Å². The average Bonchev–Trinajstić information content (AvgIpc) is 2.11. The van der Waals surface area contributed by atoms with Crippen LogP contribution >= 0.6 is 11.6 Å². The fourth-order valence-electron chi connectivity index (χ4n) is 0.814. The largest absolute Gasteiger partial charge is 0.505 e. The number of carbonyl (C=O) groups excluding carboxylic acids is 1. The molecule has 5 heteroatoms. The molecule has 0 aliphatic heterocycles. The topological polar surface area (TPSA) is 59.4 Å². The highest BCUT2D eigenvalue weighted by molar-refractivity contribution is 6.30. The Bertz CT molecular complexity index is 327. The van der Waals surface area contributed by atoms with E-state index in [4.69, 9.17) is 16.7 Å². The van der Waals surface area contributed by atoms with Crippen molar-refractivity contribution < 1.29 is 14.6 Å². The number of nitrogens with zero attached hydrogens (tertiary/aromatic N) is 1. The van der Waals surface area contributed by atoms with Crippen molar-refractivity contribution in [2.24, 2.45) is 0 Å². The molecule has 1 N–H and O–H groups in total. The average molecular weight is 202 g/mol. The molecule has 13 heavy (non-hydrogen) atoms. The quantitative estimate of drug-likeness (QED) is 0.576. The van der Waals surface area contributed by atoms with Crippen molar-refractivity contribution in [3.63, 3.8) is 0 Å². The summed E-state index contributed by atoms with van der Waals surface area (Å²) >= 11 is 5.47. The molecular formula is C8H8ClNO3. The lowest BCUT2D eigenvalue weighted by Gasteiger charge is -2.00. The summed E-state index contributed by atoms with van der Waals surface area (Å²) in [6, 6.07) is 1.38. The highest BCUT2D eigenvalue weighted by Gasteiger charge is 2.06. The van der Waals surface area contributed by atoms with Crippen LogP contribution in [-0.4, -0.2) is 23.2 Å². The number of hydrogen-bond donors (Lipinski definition) is 1. The lowest BCUT2D eigenvalue weighted by Crippen LogP contribution is -2.04. The predicted octanol–water partition coefficient (Wildman–Crippen LogP) is 1.16. The predicted molar refractivity (Wildman–Crippen MR) is 46.6 cm³/mol. The standard InChI is InChI=1S/C8H8ClNO3/c1-13-7(12)3-5-2-6(11)8(9)10-4-5/h2,4,11H,3H2,1H3. The molecule has 0 aliphatic rings. The first kappa shape index (κ1) is 9.80. The summed E-state index contributed by atoms with van der Waals surface area (Å²) in [6.07, 6.45) is 1.49. The molecule has 0 aromatic carbocycles. The van der Waals surface area contributed by atoms with Gasteiger partial charge in [-0.2, -0.15) is 0 Å². The van der Waals surface area contributed by atoms with E-state index in [9.17, 15) is 4.79 Å². The third-order valence-corrected chi connectivity index (χ3v) is 1.74. The number of aromatic nitrogens is 1. The van der Waals surface area contributed by atoms with E-state index in [-0.39, 0.29) is 23.3 Å². The van der Waals surface area contributed by atoms with E-state index in [2.05, 4.69) is 9.72 Å². The number of carbonyl (C=O) groups is 1. The minimum Gasteiger partial charge on any atom is -0.505 e. The maximum absolute atomic E-state index is 10.8. The Morgan fingerprint density at radius 3 is 3.00 bits per heavy atom. The van der Waals surface area contributed by atoms with Crippen molar-refractivity contribution in [1.82, 2.24) is 4.98 Å². The van der Waals surface area contributed by atoms with Gasteiger partial charge in [-0.1, -0.05) is 11.6 Å². The second-order valence-corrected chi connectivity index (χ2v) is 2.76. The van der Waals surface area contributed by atoms with Crippen LogP contribution in [0.1, 0.15) is 5.56 Å². The van der Waals surface area contributed by atoms with E-state index in [0.29, 0.717) is 5.56 Å². The van der Waals surface area contributed by atoms with Crippen molar-refractivity contribution in [2.45, 2.75) is 6.42 Å². The molecule has 0 atom stereocenters. The zero-order valence-corrected chi connectivity index (χ0v) is 7.71. The number of methoxy groups -OCH3 is 1. The molecule has 0 spiro atoms. The summed E-state index contributed by atoms with van der Waals surface area (Å²) in [5, 5.41) is 9.16. The first-order chi connectivity index (χ1) is 6.13. The number of rotatable bonds is 2. The molecule has 0 saturated carbocycles. The van der Waals surface area contributed by atoms with Crippen LogP contribution in [0.2, 0.25) is 5.15 Å². The lowest BCUT2D eigenvalue weighted by atomic mass is 10.2. The molecule has 4 nitrogen and oxygen atoms in total. The SMILES string of the molecule is COC(=O)Cc1cnc(Cl)c(O)c1. The Kier molecular flexibility index (Phi) is 3.08. The van der Waals surface area contributed by atoms with Crippen molar-refractivity contribution >= 4 is 17.6 Å². The first-order valence-electron chi connectivity index (χ1n) is 3.53. The van der Waals surface area contributed by atoms with E-state index in [1.807, 2.05) is 0 Å². The molecule has 0 unspecified atom stereocenters. The van der Waals surface area contributed by atoms with E-state index in [1.165, 1.54) is 19.4 Å². The number of hydrogen-bond acceptors (Lipinski definition) is 4. The van der Waals surface area contributed by atoms with Crippen LogP contribution in [0.5, 0.6) is 5.75 Å². The van der Waals surface area contributed by atoms with Crippen molar-refractivity contribution in [1.29, 1.82) is 0 Å². The normalized spacial score (nSPS) is 9.69. The summed E-state index contributed by atoms with van der Waals surface area (Å²) in [5.41, 5.74) is 0.564. The van der Waals surface area contributed by atoms with Crippen LogP contribution < -0.4 is 0 Å². The molecule has 1 rings (SSSR count). The number of aromatic hydroxyl groups is 1. The van der Waals surface area contributed by atoms with Crippen molar-refractivity contribution in [3.05, 3.63) is 23.0 Å². The molecule has 0 fully saturated rings. The van der Waals surface area contributed by atoms with Gasteiger partial charge in [-0.25, -0.2) is 4.98 Å². The minimum absolute atomic E-state index is 0.0219. The maximum Gasteiger partial charge on any atom is 0.310 e. The Labute approximate surface area is 80.1 Å². The molecule has 1 aromatic heterocycles. The molecule has 0 radical (unpaired) electrons. The van der Waals surface area contributed by atoms with Crippen molar-refractivity contribution in [2.75, 3.05) is 7.11 Å². The van der Waals surface area contributed by atoms with E-state index in [1.54, 1.807) is 0 Å². The highest BCUT2D eigenvalue weighted by atomic mass is 35.5. The first-order valence-corrected chi connectivity index (χ1v) is 3.91. The smallest absolute Gasteiger partial charge is 0.310 e. The monoisotopic (exact) mass is 201 g/mol. The highest BCUT2D eigenvalue weighted by Crippen LogP contribution is 2.20. The second-order valence-electron chi connectivity index (χ2n) is 2.41. The van der Waals surface area contributed by atoms with Gasteiger partial charge in [-0.15, -0.1) is 0 Å². The minimum atomic E-state index is -0.386. The number of ether oxygens (including phenoxy) is 1. The zero-order valence-electron chi connectivity index (χ0n) is 6.95. The fraction of sp³-hybridized carbons (Fsp3) is 0.250. The molecule has 0 bridgehead atoms. The summed E-state index contributed by atoms with van der Waals surface area (Å²) in [6.45, 7) is 0. The Balaban J connectivity index is 2.79.